The maximum atomic E-state index is 6.90. The molecule has 0 spiro atoms. The molecule has 0 fully saturated rings. The zero-order chi connectivity index (χ0) is 26.0. The van der Waals surface area contributed by atoms with Crippen molar-refractivity contribution in [3.8, 4) is 11.5 Å². The second-order valence-corrected chi connectivity index (χ2v) is 12.9. The molecule has 0 radical (unpaired) electrons. The summed E-state index contributed by atoms with van der Waals surface area (Å²) in [5.74, 6) is 4.75. The van der Waals surface area contributed by atoms with Gasteiger partial charge in [0.1, 0.15) is 26.1 Å². The van der Waals surface area contributed by atoms with E-state index in [4.69, 9.17) is 9.26 Å². The molecule has 1 N–H and O–H groups in total. The molecule has 0 saturated heterocycles. The number of ether oxygens (including phenoxy) is 1. The minimum Gasteiger partial charge on any atom is -0.487 e. The van der Waals surface area contributed by atoms with E-state index in [1.54, 1.807) is 0 Å². The Balaban J connectivity index is 1.86. The van der Waals surface area contributed by atoms with E-state index in [-0.39, 0.29) is 14.6 Å². The topological polar surface area (TPSA) is 30.5 Å². The van der Waals surface area contributed by atoms with Crippen molar-refractivity contribution >= 4 is 16.9 Å². The molecular weight excluding hydrogens is 448 g/mol. The molecule has 0 bridgehead atoms. The Morgan fingerprint density at radius 3 is 2.09 bits per heavy atom. The molecule has 1 heterocycles. The van der Waals surface area contributed by atoms with E-state index in [9.17, 15) is 0 Å². The zero-order valence-electron chi connectivity index (χ0n) is 24.5. The van der Waals surface area contributed by atoms with Gasteiger partial charge in [-0.25, -0.2) is 0 Å². The summed E-state index contributed by atoms with van der Waals surface area (Å²) in [6.07, 6.45) is 15.5. The fourth-order valence-corrected chi connectivity index (χ4v) is 6.33. The number of hydrogen-bond acceptors (Lipinski definition) is 3. The van der Waals surface area contributed by atoms with Crippen LogP contribution in [0.2, 0.25) is 0 Å². The largest absolute Gasteiger partial charge is 0.487 e. The van der Waals surface area contributed by atoms with Gasteiger partial charge in [-0.1, -0.05) is 79.6 Å². The van der Waals surface area contributed by atoms with Gasteiger partial charge < -0.3 is 14.3 Å². The van der Waals surface area contributed by atoms with Crippen LogP contribution in [-0.2, 0) is 6.42 Å². The molecule has 0 aromatic heterocycles. The number of rotatable bonds is 16. The highest BCUT2D eigenvalue weighted by molar-refractivity contribution is 7.32. The Morgan fingerprint density at radius 2 is 1.51 bits per heavy atom. The lowest BCUT2D eigenvalue weighted by atomic mass is 9.81. The third-order valence-electron chi connectivity index (χ3n) is 8.56. The number of hydrogen-bond donors (Lipinski definition) is 1. The lowest BCUT2D eigenvalue weighted by Crippen LogP contribution is -2.39. The van der Waals surface area contributed by atoms with E-state index in [0.29, 0.717) is 0 Å². The Kier molecular flexibility index (Phi) is 13.0. The summed E-state index contributed by atoms with van der Waals surface area (Å²) in [6.45, 7) is 18.5. The van der Waals surface area contributed by atoms with Crippen molar-refractivity contribution in [3.63, 3.8) is 0 Å². The first-order valence-electron chi connectivity index (χ1n) is 14.5. The summed E-state index contributed by atoms with van der Waals surface area (Å²) in [7, 11) is 2.22. The standard InChI is InChI=1S/C30H55BNO2P/c1-9-30(19-12-17-23(5)16-11-15-22(4)14-10-13-21(2)3)20-18-27-26(8)28(34-35-32-31)24(6)25(7)29(27)33-30/h21-23,32,35H,9-20,31H2,1-8H3. The molecule has 1 aromatic carbocycles. The molecule has 4 atom stereocenters. The Morgan fingerprint density at radius 1 is 0.914 bits per heavy atom. The fourth-order valence-electron chi connectivity index (χ4n) is 5.82. The molecule has 0 amide bonds. The highest BCUT2D eigenvalue weighted by Crippen LogP contribution is 2.46. The van der Waals surface area contributed by atoms with Crippen molar-refractivity contribution < 1.29 is 9.26 Å². The predicted octanol–water partition coefficient (Wildman–Crippen LogP) is 8.55. The van der Waals surface area contributed by atoms with E-state index in [1.165, 1.54) is 80.0 Å². The molecule has 2 rings (SSSR count). The van der Waals surface area contributed by atoms with Gasteiger partial charge in [0.2, 0.25) is 0 Å². The molecular formula is C30H55BNO2P. The summed E-state index contributed by atoms with van der Waals surface area (Å²) in [4.78, 5) is 3.13. The van der Waals surface area contributed by atoms with Crippen LogP contribution in [-0.4, -0.2) is 13.6 Å². The van der Waals surface area contributed by atoms with Crippen LogP contribution in [0, 0.1) is 38.5 Å². The quantitative estimate of drug-likeness (QED) is 0.181. The normalized spacial score (nSPS) is 19.7. The second kappa shape index (κ2) is 14.9. The Labute approximate surface area is 220 Å². The minimum atomic E-state index is -0.00358. The lowest BCUT2D eigenvalue weighted by Gasteiger charge is -2.40. The first-order chi connectivity index (χ1) is 16.6. The van der Waals surface area contributed by atoms with Crippen molar-refractivity contribution in [2.75, 3.05) is 0 Å². The SMILES string of the molecule is BNPOc1c(C)c(C)c2c(c1C)CCC(CC)(CCCC(C)CCCC(C)CCCC(C)C)O2. The van der Waals surface area contributed by atoms with Gasteiger partial charge in [0.05, 0.1) is 0 Å². The highest BCUT2D eigenvalue weighted by Gasteiger charge is 2.37. The van der Waals surface area contributed by atoms with Gasteiger partial charge in [-0.3, -0.25) is 0 Å². The molecule has 5 heteroatoms. The molecule has 4 unspecified atom stereocenters. The van der Waals surface area contributed by atoms with Gasteiger partial charge in [-0.2, -0.15) is 0 Å². The van der Waals surface area contributed by atoms with Crippen LogP contribution in [0.25, 0.3) is 0 Å². The minimum absolute atomic E-state index is 0.00358. The summed E-state index contributed by atoms with van der Waals surface area (Å²) >= 11 is 0. The van der Waals surface area contributed by atoms with E-state index >= 15 is 0 Å². The lowest BCUT2D eigenvalue weighted by molar-refractivity contribution is 0.0291. The van der Waals surface area contributed by atoms with Crippen molar-refractivity contribution in [1.82, 2.24) is 5.00 Å². The molecule has 35 heavy (non-hydrogen) atoms. The van der Waals surface area contributed by atoms with E-state index in [1.807, 2.05) is 7.98 Å². The molecule has 0 saturated carbocycles. The van der Waals surface area contributed by atoms with Gasteiger partial charge in [-0.05, 0) is 87.3 Å². The molecule has 1 aliphatic rings. The van der Waals surface area contributed by atoms with Crippen molar-refractivity contribution in [2.45, 2.75) is 138 Å². The average Bonchev–Trinajstić information content (AvgIpc) is 2.82. The van der Waals surface area contributed by atoms with Gasteiger partial charge in [-0.15, -0.1) is 0 Å². The maximum absolute atomic E-state index is 6.90. The van der Waals surface area contributed by atoms with Crippen LogP contribution in [0.1, 0.15) is 128 Å². The third-order valence-corrected chi connectivity index (χ3v) is 9.07. The van der Waals surface area contributed by atoms with Gasteiger partial charge in [0, 0.05) is 5.56 Å². The van der Waals surface area contributed by atoms with Crippen LogP contribution >= 0.6 is 8.96 Å². The van der Waals surface area contributed by atoms with Crippen molar-refractivity contribution in [3.05, 3.63) is 22.3 Å². The van der Waals surface area contributed by atoms with Crippen LogP contribution in [0.3, 0.4) is 0 Å². The van der Waals surface area contributed by atoms with Gasteiger partial charge in [0.15, 0.2) is 7.98 Å². The molecule has 3 nitrogen and oxygen atoms in total. The third kappa shape index (κ3) is 8.96. The molecule has 1 aliphatic heterocycles. The first kappa shape index (κ1) is 30.5. The van der Waals surface area contributed by atoms with E-state index < -0.39 is 0 Å². The number of nitrogens with one attached hydrogen (secondary N) is 1. The van der Waals surface area contributed by atoms with Gasteiger partial charge >= 0.3 is 0 Å². The smallest absolute Gasteiger partial charge is 0.190 e. The zero-order valence-corrected chi connectivity index (χ0v) is 25.5. The molecule has 0 aliphatic carbocycles. The summed E-state index contributed by atoms with van der Waals surface area (Å²) in [5.41, 5.74) is 5.11. The maximum Gasteiger partial charge on any atom is 0.190 e. The van der Waals surface area contributed by atoms with Crippen molar-refractivity contribution in [2.24, 2.45) is 17.8 Å². The highest BCUT2D eigenvalue weighted by atomic mass is 31.1. The monoisotopic (exact) mass is 503 g/mol. The van der Waals surface area contributed by atoms with E-state index in [2.05, 4.69) is 60.4 Å². The van der Waals surface area contributed by atoms with Crippen LogP contribution in [0.15, 0.2) is 0 Å². The van der Waals surface area contributed by atoms with Crippen LogP contribution in [0.5, 0.6) is 11.5 Å². The number of fused-ring (bicyclic) bond motifs is 1. The Bertz CT molecular complexity index is 784. The Hall–Kier alpha value is -0.725. The summed E-state index contributed by atoms with van der Waals surface area (Å²) in [5, 5.41) is 0. The van der Waals surface area contributed by atoms with Gasteiger partial charge in [0.25, 0.3) is 0 Å². The molecule has 1 aromatic rings. The average molecular weight is 504 g/mol. The number of benzene rings is 1. The van der Waals surface area contributed by atoms with Crippen LogP contribution in [0.4, 0.5) is 0 Å². The van der Waals surface area contributed by atoms with Crippen molar-refractivity contribution in [1.29, 1.82) is 0 Å². The second-order valence-electron chi connectivity index (χ2n) is 12.0. The summed E-state index contributed by atoms with van der Waals surface area (Å²) in [6, 6.07) is 0. The predicted molar refractivity (Wildman–Crippen MR) is 158 cm³/mol. The first-order valence-corrected chi connectivity index (χ1v) is 15.4. The van der Waals surface area contributed by atoms with E-state index in [0.717, 1.165) is 48.5 Å². The summed E-state index contributed by atoms with van der Waals surface area (Å²) < 4.78 is 13.0. The molecule has 200 valence electrons. The van der Waals surface area contributed by atoms with Crippen LogP contribution < -0.4 is 14.3 Å². The fraction of sp³-hybridized carbons (Fsp3) is 0.800.